The van der Waals surface area contributed by atoms with Crippen LogP contribution in [0.25, 0.3) is 0 Å². The molecular weight excluding hydrogens is 248 g/mol. The van der Waals surface area contributed by atoms with Crippen LogP contribution in [0.1, 0.15) is 23.1 Å². The molecule has 1 unspecified atom stereocenters. The summed E-state index contributed by atoms with van der Waals surface area (Å²) in [5.41, 5.74) is 10.6. The van der Waals surface area contributed by atoms with Crippen molar-refractivity contribution in [1.82, 2.24) is 0 Å². The van der Waals surface area contributed by atoms with Crippen LogP contribution >= 0.6 is 0 Å². The molecule has 1 aliphatic heterocycles. The van der Waals surface area contributed by atoms with Crippen LogP contribution in [-0.4, -0.2) is 23.8 Å². The van der Waals surface area contributed by atoms with E-state index < -0.39 is 0 Å². The Hall–Kier alpha value is -1.97. The molecule has 1 aliphatic rings. The lowest BCUT2D eigenvalue weighted by atomic mass is 9.89. The van der Waals surface area contributed by atoms with Gasteiger partial charge in [0.1, 0.15) is 0 Å². The van der Waals surface area contributed by atoms with E-state index in [0.717, 1.165) is 18.6 Å². The molecule has 0 radical (unpaired) electrons. The van der Waals surface area contributed by atoms with Crippen LogP contribution < -0.4 is 5.73 Å². The van der Waals surface area contributed by atoms with Gasteiger partial charge < -0.3 is 11.2 Å². The average Bonchev–Trinajstić information content (AvgIpc) is 2.48. The number of fused-ring (bicyclic) bond motifs is 1. The van der Waals surface area contributed by atoms with Crippen molar-refractivity contribution < 1.29 is 5.48 Å². The molecule has 0 fully saturated rings. The Morgan fingerprint density at radius 1 is 1.00 bits per heavy atom. The molecule has 1 heterocycles. The number of aliphatic imine (C=N–C) groups is 1. The first-order valence-electron chi connectivity index (χ1n) is 6.80. The van der Waals surface area contributed by atoms with E-state index in [1.807, 2.05) is 6.07 Å². The molecule has 3 rings (SSSR count). The van der Waals surface area contributed by atoms with Crippen molar-refractivity contribution in [3.05, 3.63) is 71.3 Å². The molecule has 2 aromatic carbocycles. The molecule has 2 aromatic rings. The highest BCUT2D eigenvalue weighted by atomic mass is 16.0. The molecule has 0 aromatic heterocycles. The van der Waals surface area contributed by atoms with E-state index in [1.165, 1.54) is 16.7 Å². The lowest BCUT2D eigenvalue weighted by Gasteiger charge is -2.23. The Morgan fingerprint density at radius 2 is 1.70 bits per heavy atom. The topological polar surface area (TPSA) is 69.9 Å². The van der Waals surface area contributed by atoms with E-state index in [4.69, 9.17) is 10.7 Å². The van der Waals surface area contributed by atoms with Gasteiger partial charge in [-0.05, 0) is 24.9 Å². The third-order valence-electron chi connectivity index (χ3n) is 3.59. The number of hydrogen-bond donors (Lipinski definition) is 1. The summed E-state index contributed by atoms with van der Waals surface area (Å²) in [7, 11) is 0. The fourth-order valence-corrected chi connectivity index (χ4v) is 2.67. The first-order chi connectivity index (χ1) is 9.38. The molecule has 0 aliphatic carbocycles. The minimum atomic E-state index is 0. The van der Waals surface area contributed by atoms with Gasteiger partial charge in [0.15, 0.2) is 0 Å². The van der Waals surface area contributed by atoms with Crippen molar-refractivity contribution in [2.24, 2.45) is 10.7 Å². The van der Waals surface area contributed by atoms with Gasteiger partial charge in [0.2, 0.25) is 0 Å². The molecule has 1 atom stereocenters. The van der Waals surface area contributed by atoms with Crippen molar-refractivity contribution >= 4 is 5.71 Å². The summed E-state index contributed by atoms with van der Waals surface area (Å²) in [6.45, 7) is 0.693. The molecule has 0 saturated carbocycles. The number of nitrogens with two attached hydrogens (primary N) is 1. The molecular formula is C17H20N2O. The maximum Gasteiger partial charge on any atom is 0.0725 e. The zero-order valence-electron chi connectivity index (χ0n) is 11.4. The van der Waals surface area contributed by atoms with Gasteiger partial charge in [-0.2, -0.15) is 0 Å². The molecule has 20 heavy (non-hydrogen) atoms. The van der Waals surface area contributed by atoms with E-state index >= 15 is 0 Å². The summed E-state index contributed by atoms with van der Waals surface area (Å²) in [4.78, 5) is 4.92. The quantitative estimate of drug-likeness (QED) is 0.908. The maximum atomic E-state index is 5.69. The SMILES string of the molecule is NCCC1Cc2ccccc2C(c2ccccc2)=N1.O. The second kappa shape index (κ2) is 6.46. The first-order valence-corrected chi connectivity index (χ1v) is 6.80. The van der Waals surface area contributed by atoms with Gasteiger partial charge in [0.05, 0.1) is 11.8 Å². The van der Waals surface area contributed by atoms with E-state index in [-0.39, 0.29) is 5.48 Å². The highest BCUT2D eigenvalue weighted by Gasteiger charge is 2.20. The minimum Gasteiger partial charge on any atom is -0.412 e. The van der Waals surface area contributed by atoms with Gasteiger partial charge in [-0.3, -0.25) is 4.99 Å². The summed E-state index contributed by atoms with van der Waals surface area (Å²) < 4.78 is 0. The lowest BCUT2D eigenvalue weighted by Crippen LogP contribution is -2.24. The standard InChI is InChI=1S/C17H18N2.H2O/c18-11-10-15-12-14-8-4-5-9-16(14)17(19-15)13-6-2-1-3-7-13;/h1-9,15H,10-12,18H2;1H2. The van der Waals surface area contributed by atoms with Crippen LogP contribution in [0.2, 0.25) is 0 Å². The summed E-state index contributed by atoms with van der Waals surface area (Å²) in [6, 6.07) is 19.3. The number of nitrogens with zero attached hydrogens (tertiary/aromatic N) is 1. The van der Waals surface area contributed by atoms with Crippen molar-refractivity contribution in [1.29, 1.82) is 0 Å². The fraction of sp³-hybridized carbons (Fsp3) is 0.235. The fourth-order valence-electron chi connectivity index (χ4n) is 2.67. The van der Waals surface area contributed by atoms with Gasteiger partial charge in [-0.25, -0.2) is 0 Å². The molecule has 0 spiro atoms. The molecule has 3 heteroatoms. The predicted octanol–water partition coefficient (Wildman–Crippen LogP) is 1.97. The normalized spacial score (nSPS) is 16.9. The molecule has 0 amide bonds. The van der Waals surface area contributed by atoms with Crippen LogP contribution in [0.3, 0.4) is 0 Å². The van der Waals surface area contributed by atoms with Crippen LogP contribution in [0.4, 0.5) is 0 Å². The summed E-state index contributed by atoms with van der Waals surface area (Å²) in [5, 5.41) is 0. The largest absolute Gasteiger partial charge is 0.412 e. The summed E-state index contributed by atoms with van der Waals surface area (Å²) >= 11 is 0. The zero-order chi connectivity index (χ0) is 13.1. The predicted molar refractivity (Wildman–Crippen MR) is 83.3 cm³/mol. The summed E-state index contributed by atoms with van der Waals surface area (Å²) in [5.74, 6) is 0. The Morgan fingerprint density at radius 3 is 2.45 bits per heavy atom. The molecule has 0 bridgehead atoms. The third kappa shape index (κ3) is 2.79. The molecule has 0 saturated heterocycles. The number of hydrogen-bond acceptors (Lipinski definition) is 2. The molecule has 3 nitrogen and oxygen atoms in total. The van der Waals surface area contributed by atoms with E-state index in [2.05, 4.69) is 48.5 Å². The van der Waals surface area contributed by atoms with Crippen LogP contribution in [0.15, 0.2) is 59.6 Å². The van der Waals surface area contributed by atoms with Crippen LogP contribution in [0.5, 0.6) is 0 Å². The third-order valence-corrected chi connectivity index (χ3v) is 3.59. The Balaban J connectivity index is 0.00000147. The van der Waals surface area contributed by atoms with Gasteiger partial charge >= 0.3 is 0 Å². The van der Waals surface area contributed by atoms with Crippen molar-refractivity contribution in [3.63, 3.8) is 0 Å². The Kier molecular flexibility index (Phi) is 4.66. The summed E-state index contributed by atoms with van der Waals surface area (Å²) in [6.07, 6.45) is 1.95. The van der Waals surface area contributed by atoms with E-state index in [0.29, 0.717) is 12.6 Å². The average molecular weight is 268 g/mol. The van der Waals surface area contributed by atoms with E-state index in [9.17, 15) is 0 Å². The van der Waals surface area contributed by atoms with Gasteiger partial charge in [-0.1, -0.05) is 54.6 Å². The monoisotopic (exact) mass is 268 g/mol. The van der Waals surface area contributed by atoms with Gasteiger partial charge in [0.25, 0.3) is 0 Å². The smallest absolute Gasteiger partial charge is 0.0725 e. The molecule has 104 valence electrons. The Labute approximate surface area is 119 Å². The number of rotatable bonds is 3. The van der Waals surface area contributed by atoms with Crippen molar-refractivity contribution in [2.45, 2.75) is 18.9 Å². The first kappa shape index (κ1) is 14.4. The zero-order valence-corrected chi connectivity index (χ0v) is 11.4. The highest BCUT2D eigenvalue weighted by Crippen LogP contribution is 2.24. The van der Waals surface area contributed by atoms with E-state index in [1.54, 1.807) is 0 Å². The van der Waals surface area contributed by atoms with Gasteiger partial charge in [0, 0.05) is 11.1 Å². The lowest BCUT2D eigenvalue weighted by molar-refractivity contribution is 0.614. The molecule has 4 N–H and O–H groups in total. The van der Waals surface area contributed by atoms with Crippen LogP contribution in [0, 0.1) is 0 Å². The maximum absolute atomic E-state index is 5.69. The highest BCUT2D eigenvalue weighted by molar-refractivity contribution is 6.14. The minimum absolute atomic E-state index is 0. The second-order valence-electron chi connectivity index (χ2n) is 4.94. The van der Waals surface area contributed by atoms with Crippen LogP contribution in [-0.2, 0) is 6.42 Å². The Bertz CT molecular complexity index is 593. The second-order valence-corrected chi connectivity index (χ2v) is 4.94. The van der Waals surface area contributed by atoms with Crippen molar-refractivity contribution in [2.75, 3.05) is 6.54 Å². The van der Waals surface area contributed by atoms with Crippen molar-refractivity contribution in [3.8, 4) is 0 Å². The number of benzene rings is 2. The van der Waals surface area contributed by atoms with Gasteiger partial charge in [-0.15, -0.1) is 0 Å².